The summed E-state index contributed by atoms with van der Waals surface area (Å²) in [6.07, 6.45) is 3.23. The van der Waals surface area contributed by atoms with Crippen LogP contribution >= 0.6 is 0 Å². The minimum absolute atomic E-state index is 0.0601. The Morgan fingerprint density at radius 3 is 2.36 bits per heavy atom. The van der Waals surface area contributed by atoms with E-state index in [1.165, 1.54) is 12.5 Å². The van der Waals surface area contributed by atoms with Crippen LogP contribution in [0.3, 0.4) is 0 Å². The van der Waals surface area contributed by atoms with Gasteiger partial charge in [-0.05, 0) is 12.3 Å². The van der Waals surface area contributed by atoms with Crippen LogP contribution in [-0.2, 0) is 20.8 Å². The first-order chi connectivity index (χ1) is 11.7. The standard InChI is InChI=1S/C15H25N5O5/c1-8(2)3-12(15(24)25)20-14(23)11(4-9-5-17-7-18-9)19-13(22)10(16)6-21/h5,7-8,10-12,21H,3-4,6,16H2,1-2H3,(H,17,18)(H,19,22)(H,20,23)(H,24,25). The Morgan fingerprint density at radius 2 is 1.88 bits per heavy atom. The number of aromatic amines is 1. The zero-order valence-corrected chi connectivity index (χ0v) is 14.2. The highest BCUT2D eigenvalue weighted by atomic mass is 16.4. The molecule has 1 aromatic rings. The predicted molar refractivity (Wildman–Crippen MR) is 88.3 cm³/mol. The number of nitrogens with zero attached hydrogens (tertiary/aromatic N) is 1. The van der Waals surface area contributed by atoms with Crippen molar-refractivity contribution in [1.82, 2.24) is 20.6 Å². The van der Waals surface area contributed by atoms with E-state index in [4.69, 9.17) is 10.8 Å². The molecule has 7 N–H and O–H groups in total. The van der Waals surface area contributed by atoms with Gasteiger partial charge in [-0.2, -0.15) is 0 Å². The van der Waals surface area contributed by atoms with E-state index < -0.39 is 42.5 Å². The molecule has 0 saturated heterocycles. The first-order valence-corrected chi connectivity index (χ1v) is 7.91. The molecule has 3 unspecified atom stereocenters. The summed E-state index contributed by atoms with van der Waals surface area (Å²) in [4.78, 5) is 42.3. The molecule has 0 radical (unpaired) electrons. The second kappa shape index (κ2) is 9.74. The molecule has 0 aliphatic rings. The number of hydrogen-bond donors (Lipinski definition) is 6. The number of aliphatic carboxylic acids is 1. The maximum Gasteiger partial charge on any atom is 0.326 e. The van der Waals surface area contributed by atoms with E-state index in [2.05, 4.69) is 20.6 Å². The van der Waals surface area contributed by atoms with Gasteiger partial charge in [-0.15, -0.1) is 0 Å². The topological polar surface area (TPSA) is 170 Å². The van der Waals surface area contributed by atoms with Crippen molar-refractivity contribution in [3.63, 3.8) is 0 Å². The van der Waals surface area contributed by atoms with Crippen molar-refractivity contribution >= 4 is 17.8 Å². The molecule has 0 spiro atoms. The van der Waals surface area contributed by atoms with Crippen molar-refractivity contribution in [1.29, 1.82) is 0 Å². The third kappa shape index (κ3) is 6.89. The quantitative estimate of drug-likeness (QED) is 0.292. The van der Waals surface area contributed by atoms with Crippen LogP contribution in [0, 0.1) is 5.92 Å². The lowest BCUT2D eigenvalue weighted by Crippen LogP contribution is -2.56. The van der Waals surface area contributed by atoms with E-state index in [0.29, 0.717) is 5.69 Å². The number of carboxylic acids is 1. The van der Waals surface area contributed by atoms with Gasteiger partial charge in [0.1, 0.15) is 18.1 Å². The van der Waals surface area contributed by atoms with Crippen molar-refractivity contribution < 1.29 is 24.6 Å². The molecule has 140 valence electrons. The zero-order valence-electron chi connectivity index (χ0n) is 14.2. The van der Waals surface area contributed by atoms with E-state index >= 15 is 0 Å². The van der Waals surface area contributed by atoms with Gasteiger partial charge in [-0.1, -0.05) is 13.8 Å². The average molecular weight is 355 g/mol. The summed E-state index contributed by atoms with van der Waals surface area (Å²) in [6.45, 7) is 3.10. The van der Waals surface area contributed by atoms with E-state index in [1.807, 2.05) is 13.8 Å². The SMILES string of the molecule is CC(C)CC(NC(=O)C(Cc1cnc[nH]1)NC(=O)C(N)CO)C(=O)O. The second-order valence-electron chi connectivity index (χ2n) is 6.16. The minimum Gasteiger partial charge on any atom is -0.480 e. The molecule has 10 nitrogen and oxygen atoms in total. The van der Waals surface area contributed by atoms with E-state index in [9.17, 15) is 19.5 Å². The van der Waals surface area contributed by atoms with E-state index in [1.54, 1.807) is 0 Å². The largest absolute Gasteiger partial charge is 0.480 e. The molecular formula is C15H25N5O5. The molecule has 2 amide bonds. The van der Waals surface area contributed by atoms with Gasteiger partial charge >= 0.3 is 5.97 Å². The van der Waals surface area contributed by atoms with Crippen LogP contribution in [-0.4, -0.2) is 62.7 Å². The summed E-state index contributed by atoms with van der Waals surface area (Å²) in [7, 11) is 0. The van der Waals surface area contributed by atoms with Gasteiger partial charge in [0.2, 0.25) is 11.8 Å². The molecule has 1 heterocycles. The number of carbonyl (C=O) groups excluding carboxylic acids is 2. The Bertz CT molecular complexity index is 575. The maximum absolute atomic E-state index is 12.5. The fourth-order valence-corrected chi connectivity index (χ4v) is 2.15. The molecule has 1 aromatic heterocycles. The van der Waals surface area contributed by atoms with Crippen molar-refractivity contribution in [2.75, 3.05) is 6.61 Å². The number of imidazole rings is 1. The van der Waals surface area contributed by atoms with Gasteiger partial charge < -0.3 is 31.6 Å². The average Bonchev–Trinajstić information content (AvgIpc) is 3.05. The summed E-state index contributed by atoms with van der Waals surface area (Å²) in [5.74, 6) is -2.45. The Labute approximate surface area is 145 Å². The predicted octanol–water partition coefficient (Wildman–Crippen LogP) is -1.63. The molecule has 3 atom stereocenters. The van der Waals surface area contributed by atoms with Crippen molar-refractivity contribution in [3.05, 3.63) is 18.2 Å². The second-order valence-corrected chi connectivity index (χ2v) is 6.16. The number of nitrogens with two attached hydrogens (primary N) is 1. The number of hydrogen-bond acceptors (Lipinski definition) is 6. The molecule has 25 heavy (non-hydrogen) atoms. The maximum atomic E-state index is 12.5. The van der Waals surface area contributed by atoms with Gasteiger partial charge in [0.25, 0.3) is 0 Å². The smallest absolute Gasteiger partial charge is 0.326 e. The van der Waals surface area contributed by atoms with Crippen LogP contribution in [0.4, 0.5) is 0 Å². The number of carbonyl (C=O) groups is 3. The van der Waals surface area contributed by atoms with Crippen LogP contribution in [0.25, 0.3) is 0 Å². The third-order valence-corrected chi connectivity index (χ3v) is 3.47. The molecule has 0 saturated carbocycles. The minimum atomic E-state index is -1.18. The van der Waals surface area contributed by atoms with E-state index in [-0.39, 0.29) is 18.8 Å². The van der Waals surface area contributed by atoms with Crippen molar-refractivity contribution in [2.24, 2.45) is 11.7 Å². The van der Waals surface area contributed by atoms with E-state index in [0.717, 1.165) is 0 Å². The highest BCUT2D eigenvalue weighted by Crippen LogP contribution is 2.06. The summed E-state index contributed by atoms with van der Waals surface area (Å²) in [5.41, 5.74) is 6.02. The highest BCUT2D eigenvalue weighted by molar-refractivity contribution is 5.91. The number of rotatable bonds is 10. The van der Waals surface area contributed by atoms with Crippen molar-refractivity contribution in [3.8, 4) is 0 Å². The van der Waals surface area contributed by atoms with Crippen LogP contribution in [0.15, 0.2) is 12.5 Å². The number of nitrogens with one attached hydrogen (secondary N) is 3. The number of carboxylic acid groups (broad SMARTS) is 1. The van der Waals surface area contributed by atoms with Gasteiger partial charge in [0.05, 0.1) is 12.9 Å². The van der Waals surface area contributed by atoms with Gasteiger partial charge in [-0.25, -0.2) is 9.78 Å². The lowest BCUT2D eigenvalue weighted by molar-refractivity contribution is -0.142. The Hall–Kier alpha value is -2.46. The molecule has 0 aromatic carbocycles. The Kier molecular flexibility index (Phi) is 8.02. The van der Waals surface area contributed by atoms with Gasteiger partial charge in [0, 0.05) is 18.3 Å². The summed E-state index contributed by atoms with van der Waals surface area (Å²) < 4.78 is 0. The normalized spacial score (nSPS) is 14.6. The molecule has 0 fully saturated rings. The molecule has 0 bridgehead atoms. The number of aliphatic hydroxyl groups is 1. The van der Waals surface area contributed by atoms with Gasteiger partial charge in [-0.3, -0.25) is 9.59 Å². The van der Waals surface area contributed by atoms with Crippen LogP contribution in [0.5, 0.6) is 0 Å². The molecule has 1 rings (SSSR count). The fourth-order valence-electron chi connectivity index (χ4n) is 2.15. The molecular weight excluding hydrogens is 330 g/mol. The summed E-state index contributed by atoms with van der Waals surface area (Å²) >= 11 is 0. The third-order valence-electron chi connectivity index (χ3n) is 3.47. The first kappa shape index (κ1) is 20.6. The number of aliphatic hydroxyl groups excluding tert-OH is 1. The van der Waals surface area contributed by atoms with Gasteiger partial charge in [0.15, 0.2) is 0 Å². The zero-order chi connectivity index (χ0) is 19.0. The first-order valence-electron chi connectivity index (χ1n) is 7.91. The van der Waals surface area contributed by atoms with Crippen LogP contribution in [0.2, 0.25) is 0 Å². The summed E-state index contributed by atoms with van der Waals surface area (Å²) in [6, 6.07) is -3.30. The number of H-pyrrole nitrogens is 1. The lowest BCUT2D eigenvalue weighted by Gasteiger charge is -2.23. The van der Waals surface area contributed by atoms with Crippen LogP contribution < -0.4 is 16.4 Å². The Balaban J connectivity index is 2.86. The Morgan fingerprint density at radius 1 is 1.24 bits per heavy atom. The summed E-state index contributed by atoms with van der Waals surface area (Å²) in [5, 5.41) is 23.1. The highest BCUT2D eigenvalue weighted by Gasteiger charge is 2.28. The fraction of sp³-hybridized carbons (Fsp3) is 0.600. The molecule has 10 heteroatoms. The molecule has 0 aliphatic carbocycles. The monoisotopic (exact) mass is 355 g/mol. The number of amides is 2. The molecule has 0 aliphatic heterocycles. The lowest BCUT2D eigenvalue weighted by atomic mass is 10.0. The van der Waals surface area contributed by atoms with Crippen molar-refractivity contribution in [2.45, 2.75) is 44.8 Å². The number of aromatic nitrogens is 2. The van der Waals surface area contributed by atoms with Crippen LogP contribution in [0.1, 0.15) is 26.0 Å².